The molecular weight excluding hydrogens is 343 g/mol. The third kappa shape index (κ3) is 6.31. The maximum atomic E-state index is 12.2. The minimum Gasteiger partial charge on any atom is -0.376 e. The van der Waals surface area contributed by atoms with Crippen LogP contribution in [0.15, 0.2) is 29.2 Å². The Bertz CT molecular complexity index is 572. The largest absolute Gasteiger partial charge is 0.446 e. The summed E-state index contributed by atoms with van der Waals surface area (Å²) >= 11 is -0.192. The molecule has 0 aromatic heterocycles. The molecule has 1 heterocycles. The summed E-state index contributed by atoms with van der Waals surface area (Å²) in [4.78, 5) is 25.3. The molecule has 0 unspecified atom stereocenters. The topological polar surface area (TPSA) is 61.4 Å². The Morgan fingerprint density at radius 3 is 2.29 bits per heavy atom. The lowest BCUT2D eigenvalue weighted by molar-refractivity contribution is -0.131. The van der Waals surface area contributed by atoms with E-state index in [0.29, 0.717) is 5.69 Å². The van der Waals surface area contributed by atoms with Crippen molar-refractivity contribution in [2.75, 3.05) is 31.5 Å². The molecule has 0 aliphatic carbocycles. The summed E-state index contributed by atoms with van der Waals surface area (Å²) in [6, 6.07) is 5.60. The normalized spacial score (nSPS) is 14.5. The molecule has 2 amide bonds. The SMILES string of the molecule is O=C(CNc1ccc(SC(F)(F)F)cc1)NCC(=O)N1CCCC1. The molecule has 24 heavy (non-hydrogen) atoms. The van der Waals surface area contributed by atoms with Crippen LogP contribution in [0.4, 0.5) is 18.9 Å². The zero-order valence-electron chi connectivity index (χ0n) is 12.9. The van der Waals surface area contributed by atoms with Crippen molar-refractivity contribution >= 4 is 29.3 Å². The first kappa shape index (κ1) is 18.4. The van der Waals surface area contributed by atoms with Crippen LogP contribution in [-0.4, -0.2) is 48.4 Å². The number of hydrogen-bond donors (Lipinski definition) is 2. The minimum atomic E-state index is -4.32. The predicted molar refractivity (Wildman–Crippen MR) is 85.7 cm³/mol. The number of likely N-dealkylation sites (tertiary alicyclic amines) is 1. The van der Waals surface area contributed by atoms with Crippen LogP contribution in [-0.2, 0) is 9.59 Å². The van der Waals surface area contributed by atoms with Crippen molar-refractivity contribution in [2.45, 2.75) is 23.2 Å². The molecular formula is C15H18F3N3O2S. The zero-order chi connectivity index (χ0) is 17.6. The van der Waals surface area contributed by atoms with Gasteiger partial charge >= 0.3 is 5.51 Å². The lowest BCUT2D eigenvalue weighted by Gasteiger charge is -2.15. The van der Waals surface area contributed by atoms with E-state index in [1.165, 1.54) is 24.3 Å². The highest BCUT2D eigenvalue weighted by Gasteiger charge is 2.29. The van der Waals surface area contributed by atoms with Crippen LogP contribution in [0.2, 0.25) is 0 Å². The average molecular weight is 361 g/mol. The van der Waals surface area contributed by atoms with E-state index < -0.39 is 5.51 Å². The lowest BCUT2D eigenvalue weighted by atomic mass is 10.3. The van der Waals surface area contributed by atoms with Gasteiger partial charge in [-0.3, -0.25) is 9.59 Å². The number of halogens is 3. The highest BCUT2D eigenvalue weighted by Crippen LogP contribution is 2.36. The van der Waals surface area contributed by atoms with Gasteiger partial charge < -0.3 is 15.5 Å². The number of amides is 2. The van der Waals surface area contributed by atoms with Gasteiger partial charge in [0.1, 0.15) is 0 Å². The average Bonchev–Trinajstić information content (AvgIpc) is 3.05. The summed E-state index contributed by atoms with van der Waals surface area (Å²) in [7, 11) is 0. The number of anilines is 1. The quantitative estimate of drug-likeness (QED) is 0.764. The van der Waals surface area contributed by atoms with Crippen LogP contribution < -0.4 is 10.6 Å². The molecule has 1 aliphatic heterocycles. The van der Waals surface area contributed by atoms with Crippen molar-refractivity contribution in [3.05, 3.63) is 24.3 Å². The number of nitrogens with one attached hydrogen (secondary N) is 2. The Morgan fingerprint density at radius 1 is 1.08 bits per heavy atom. The van der Waals surface area contributed by atoms with Crippen LogP contribution in [0, 0.1) is 0 Å². The predicted octanol–water partition coefficient (Wildman–Crippen LogP) is 2.45. The molecule has 0 bridgehead atoms. The Labute approximate surface area is 142 Å². The summed E-state index contributed by atoms with van der Waals surface area (Å²) in [6.07, 6.45) is 1.98. The summed E-state index contributed by atoms with van der Waals surface area (Å²) in [5, 5.41) is 5.33. The molecule has 0 atom stereocenters. The minimum absolute atomic E-state index is 0.0400. The second-order valence-electron chi connectivity index (χ2n) is 5.29. The van der Waals surface area contributed by atoms with E-state index in [-0.39, 0.29) is 41.6 Å². The number of hydrogen-bond acceptors (Lipinski definition) is 4. The molecule has 0 radical (unpaired) electrons. The molecule has 1 fully saturated rings. The number of nitrogens with zero attached hydrogens (tertiary/aromatic N) is 1. The van der Waals surface area contributed by atoms with Crippen LogP contribution in [0.1, 0.15) is 12.8 Å². The fraction of sp³-hybridized carbons (Fsp3) is 0.467. The second-order valence-corrected chi connectivity index (χ2v) is 6.43. The van der Waals surface area contributed by atoms with Gasteiger partial charge in [0.25, 0.3) is 0 Å². The van der Waals surface area contributed by atoms with Crippen LogP contribution >= 0.6 is 11.8 Å². The van der Waals surface area contributed by atoms with Gasteiger partial charge in [0.05, 0.1) is 13.1 Å². The first-order valence-corrected chi connectivity index (χ1v) is 8.29. The standard InChI is InChI=1S/C15H18F3N3O2S/c16-15(17,18)24-12-5-3-11(4-6-12)19-9-13(22)20-10-14(23)21-7-1-2-8-21/h3-6,19H,1-2,7-10H2,(H,20,22). The first-order chi connectivity index (χ1) is 11.3. The van der Waals surface area contributed by atoms with E-state index in [9.17, 15) is 22.8 Å². The van der Waals surface area contributed by atoms with E-state index in [0.717, 1.165) is 25.9 Å². The monoisotopic (exact) mass is 361 g/mol. The van der Waals surface area contributed by atoms with Gasteiger partial charge in [-0.05, 0) is 48.9 Å². The van der Waals surface area contributed by atoms with Gasteiger partial charge in [0.15, 0.2) is 0 Å². The summed E-state index contributed by atoms with van der Waals surface area (Å²) in [5.74, 6) is -0.453. The van der Waals surface area contributed by atoms with E-state index in [1.807, 2.05) is 0 Å². The highest BCUT2D eigenvalue weighted by atomic mass is 32.2. The Hall–Kier alpha value is -1.90. The van der Waals surface area contributed by atoms with Gasteiger partial charge in [-0.2, -0.15) is 13.2 Å². The summed E-state index contributed by atoms with van der Waals surface area (Å²) < 4.78 is 36.7. The van der Waals surface area contributed by atoms with Gasteiger partial charge in [-0.25, -0.2) is 0 Å². The van der Waals surface area contributed by atoms with Gasteiger partial charge in [-0.1, -0.05) is 0 Å². The summed E-state index contributed by atoms with van der Waals surface area (Å²) in [6.45, 7) is 1.37. The van der Waals surface area contributed by atoms with E-state index in [4.69, 9.17) is 0 Å². The lowest BCUT2D eigenvalue weighted by Crippen LogP contribution is -2.40. The van der Waals surface area contributed by atoms with Crippen molar-refractivity contribution in [3.63, 3.8) is 0 Å². The molecule has 9 heteroatoms. The molecule has 1 aliphatic rings. The van der Waals surface area contributed by atoms with E-state index >= 15 is 0 Å². The van der Waals surface area contributed by atoms with Crippen LogP contribution in [0.25, 0.3) is 0 Å². The summed E-state index contributed by atoms with van der Waals surface area (Å²) in [5.41, 5.74) is -3.79. The number of thioether (sulfide) groups is 1. The Morgan fingerprint density at radius 2 is 1.71 bits per heavy atom. The molecule has 1 saturated heterocycles. The number of alkyl halides is 3. The maximum absolute atomic E-state index is 12.2. The van der Waals surface area contributed by atoms with Gasteiger partial charge in [0, 0.05) is 23.7 Å². The molecule has 5 nitrogen and oxygen atoms in total. The molecule has 2 N–H and O–H groups in total. The van der Waals surface area contributed by atoms with Crippen molar-refractivity contribution in [2.24, 2.45) is 0 Å². The van der Waals surface area contributed by atoms with Gasteiger partial charge in [0.2, 0.25) is 11.8 Å². The van der Waals surface area contributed by atoms with Crippen molar-refractivity contribution in [3.8, 4) is 0 Å². The first-order valence-electron chi connectivity index (χ1n) is 7.48. The number of benzene rings is 1. The smallest absolute Gasteiger partial charge is 0.376 e. The van der Waals surface area contributed by atoms with Crippen molar-refractivity contribution in [1.29, 1.82) is 0 Å². The Kier molecular flexibility index (Phi) is 6.36. The third-order valence-corrected chi connectivity index (χ3v) is 4.18. The molecule has 0 spiro atoms. The molecule has 132 valence electrons. The van der Waals surface area contributed by atoms with Crippen LogP contribution in [0.5, 0.6) is 0 Å². The van der Waals surface area contributed by atoms with E-state index in [2.05, 4.69) is 10.6 Å². The molecule has 0 saturated carbocycles. The fourth-order valence-electron chi connectivity index (χ4n) is 2.27. The zero-order valence-corrected chi connectivity index (χ0v) is 13.7. The van der Waals surface area contributed by atoms with E-state index in [1.54, 1.807) is 4.90 Å². The maximum Gasteiger partial charge on any atom is 0.446 e. The number of rotatable bonds is 6. The second kappa shape index (κ2) is 8.27. The Balaban J connectivity index is 1.70. The molecule has 1 aromatic carbocycles. The number of carbonyl (C=O) groups excluding carboxylic acids is 2. The van der Waals surface area contributed by atoms with Crippen molar-refractivity contribution in [1.82, 2.24) is 10.2 Å². The van der Waals surface area contributed by atoms with Crippen LogP contribution in [0.3, 0.4) is 0 Å². The molecule has 1 aromatic rings. The van der Waals surface area contributed by atoms with Gasteiger partial charge in [-0.15, -0.1) is 0 Å². The number of carbonyl (C=O) groups is 2. The molecule has 2 rings (SSSR count). The fourth-order valence-corrected chi connectivity index (χ4v) is 2.81. The third-order valence-electron chi connectivity index (χ3n) is 3.44. The highest BCUT2D eigenvalue weighted by molar-refractivity contribution is 8.00. The van der Waals surface area contributed by atoms with Crippen molar-refractivity contribution < 1.29 is 22.8 Å².